The highest BCUT2D eigenvalue weighted by Gasteiger charge is 2.26. The van der Waals surface area contributed by atoms with E-state index in [0.29, 0.717) is 5.56 Å². The number of hydrogen-bond donors (Lipinski definition) is 2. The first-order valence-electron chi connectivity index (χ1n) is 9.28. The zero-order chi connectivity index (χ0) is 20.0. The second kappa shape index (κ2) is 9.21. The van der Waals surface area contributed by atoms with Crippen molar-refractivity contribution in [1.82, 2.24) is 5.32 Å². The predicted molar refractivity (Wildman–Crippen MR) is 111 cm³/mol. The van der Waals surface area contributed by atoms with Gasteiger partial charge in [0.05, 0.1) is 0 Å². The average Bonchev–Trinajstić information content (AvgIpc) is 2.65. The van der Waals surface area contributed by atoms with Crippen LogP contribution in [-0.2, 0) is 4.79 Å². The van der Waals surface area contributed by atoms with Crippen LogP contribution in [0.5, 0.6) is 0 Å². The molecular formula is C22H29N3O2. The van der Waals surface area contributed by atoms with E-state index >= 15 is 0 Å². The summed E-state index contributed by atoms with van der Waals surface area (Å²) in [6, 6.07) is 14.2. The maximum atomic E-state index is 12.9. The summed E-state index contributed by atoms with van der Waals surface area (Å²) in [5, 5.41) is 5.84. The Kier molecular flexibility index (Phi) is 6.99. The number of nitrogens with one attached hydrogen (secondary N) is 2. The minimum Gasteiger partial charge on any atom is -0.377 e. The second-order valence-electron chi connectivity index (χ2n) is 7.09. The Bertz CT molecular complexity index is 787. The van der Waals surface area contributed by atoms with Gasteiger partial charge in [0.1, 0.15) is 6.04 Å². The van der Waals surface area contributed by atoms with E-state index in [2.05, 4.69) is 10.6 Å². The van der Waals surface area contributed by atoms with E-state index in [1.54, 1.807) is 12.1 Å². The lowest BCUT2D eigenvalue weighted by atomic mass is 9.97. The molecule has 0 aliphatic carbocycles. The molecule has 0 spiro atoms. The van der Waals surface area contributed by atoms with Gasteiger partial charge in [-0.25, -0.2) is 0 Å². The number of carbonyl (C=O) groups excluding carboxylic acids is 2. The Hall–Kier alpha value is -2.82. The van der Waals surface area contributed by atoms with Crippen LogP contribution < -0.4 is 15.5 Å². The van der Waals surface area contributed by atoms with E-state index in [-0.39, 0.29) is 17.7 Å². The molecule has 2 amide bonds. The highest BCUT2D eigenvalue weighted by Crippen LogP contribution is 2.22. The molecule has 2 aromatic carbocycles. The molecule has 0 saturated heterocycles. The fourth-order valence-corrected chi connectivity index (χ4v) is 2.97. The van der Waals surface area contributed by atoms with Gasteiger partial charge in [0.15, 0.2) is 0 Å². The quantitative estimate of drug-likeness (QED) is 0.781. The molecular weight excluding hydrogens is 338 g/mol. The van der Waals surface area contributed by atoms with Gasteiger partial charge in [-0.3, -0.25) is 9.59 Å². The van der Waals surface area contributed by atoms with Gasteiger partial charge in [0.2, 0.25) is 5.91 Å². The number of benzene rings is 2. The molecule has 0 radical (unpaired) electrons. The lowest BCUT2D eigenvalue weighted by Gasteiger charge is -2.24. The van der Waals surface area contributed by atoms with Crippen LogP contribution in [0, 0.1) is 12.8 Å². The van der Waals surface area contributed by atoms with Crippen molar-refractivity contribution in [2.75, 3.05) is 24.3 Å². The maximum Gasteiger partial charge on any atom is 0.251 e. The lowest BCUT2D eigenvalue weighted by molar-refractivity contribution is -0.119. The summed E-state index contributed by atoms with van der Waals surface area (Å²) in [5.41, 5.74) is 3.45. The Morgan fingerprint density at radius 3 is 2.30 bits per heavy atom. The smallest absolute Gasteiger partial charge is 0.251 e. The number of nitrogens with zero attached hydrogens (tertiary/aromatic N) is 1. The van der Waals surface area contributed by atoms with Gasteiger partial charge in [-0.15, -0.1) is 0 Å². The van der Waals surface area contributed by atoms with Crippen molar-refractivity contribution in [1.29, 1.82) is 0 Å². The van der Waals surface area contributed by atoms with Crippen LogP contribution in [0.3, 0.4) is 0 Å². The van der Waals surface area contributed by atoms with Gasteiger partial charge in [0.25, 0.3) is 5.91 Å². The van der Waals surface area contributed by atoms with Crippen LogP contribution in [0.4, 0.5) is 11.4 Å². The van der Waals surface area contributed by atoms with Gasteiger partial charge in [-0.1, -0.05) is 38.5 Å². The van der Waals surface area contributed by atoms with E-state index < -0.39 is 6.04 Å². The summed E-state index contributed by atoms with van der Waals surface area (Å²) in [6.07, 6.45) is 0.783. The topological polar surface area (TPSA) is 61.4 Å². The molecule has 27 heavy (non-hydrogen) atoms. The molecule has 2 unspecified atom stereocenters. The molecule has 0 saturated carbocycles. The summed E-state index contributed by atoms with van der Waals surface area (Å²) in [6.45, 7) is 5.99. The molecule has 0 aromatic heterocycles. The van der Waals surface area contributed by atoms with Crippen LogP contribution in [0.1, 0.15) is 36.2 Å². The first-order chi connectivity index (χ1) is 12.8. The molecule has 0 heterocycles. The third-order valence-electron chi connectivity index (χ3n) is 4.76. The molecule has 2 rings (SSSR count). The monoisotopic (exact) mass is 367 g/mol. The van der Waals surface area contributed by atoms with E-state index in [1.807, 2.05) is 76.2 Å². The van der Waals surface area contributed by atoms with E-state index in [0.717, 1.165) is 23.4 Å². The lowest BCUT2D eigenvalue weighted by Crippen LogP contribution is -2.47. The van der Waals surface area contributed by atoms with Crippen LogP contribution >= 0.6 is 0 Å². The summed E-state index contributed by atoms with van der Waals surface area (Å²) in [7, 11) is 3.97. The third kappa shape index (κ3) is 5.33. The number of carbonyl (C=O) groups is 2. The molecule has 0 bridgehead atoms. The summed E-state index contributed by atoms with van der Waals surface area (Å²) >= 11 is 0. The standard InChI is InChI=1S/C22H29N3O2/c1-6-15(2)20(24-21(26)17-10-8-7-9-11-17)22(27)23-18-12-13-19(25(4)5)16(3)14-18/h7-15,20H,6H2,1-5H3,(H,23,27)(H,24,26). The Morgan fingerprint density at radius 1 is 1.07 bits per heavy atom. The minimum atomic E-state index is -0.600. The zero-order valence-corrected chi connectivity index (χ0v) is 16.7. The molecule has 5 nitrogen and oxygen atoms in total. The normalized spacial score (nSPS) is 12.8. The zero-order valence-electron chi connectivity index (χ0n) is 16.7. The van der Waals surface area contributed by atoms with Crippen LogP contribution in [0.15, 0.2) is 48.5 Å². The molecule has 5 heteroatoms. The SMILES string of the molecule is CCC(C)C(NC(=O)c1ccccc1)C(=O)Nc1ccc(N(C)C)c(C)c1. The van der Waals surface area contributed by atoms with Crippen molar-refractivity contribution in [3.63, 3.8) is 0 Å². The van der Waals surface area contributed by atoms with Gasteiger partial charge in [0, 0.05) is 31.0 Å². The van der Waals surface area contributed by atoms with Gasteiger partial charge in [-0.2, -0.15) is 0 Å². The van der Waals surface area contributed by atoms with Crippen LogP contribution in [0.2, 0.25) is 0 Å². The number of anilines is 2. The van der Waals surface area contributed by atoms with Crippen molar-refractivity contribution in [3.05, 3.63) is 59.7 Å². The van der Waals surface area contributed by atoms with Crippen molar-refractivity contribution in [2.45, 2.75) is 33.2 Å². The van der Waals surface area contributed by atoms with Gasteiger partial charge < -0.3 is 15.5 Å². The molecule has 0 aliphatic heterocycles. The highest BCUT2D eigenvalue weighted by atomic mass is 16.2. The van der Waals surface area contributed by atoms with Gasteiger partial charge >= 0.3 is 0 Å². The van der Waals surface area contributed by atoms with E-state index in [9.17, 15) is 9.59 Å². The largest absolute Gasteiger partial charge is 0.377 e. The molecule has 144 valence electrons. The third-order valence-corrected chi connectivity index (χ3v) is 4.76. The summed E-state index contributed by atoms with van der Waals surface area (Å²) in [5.74, 6) is -0.430. The number of rotatable bonds is 7. The molecule has 2 N–H and O–H groups in total. The molecule has 0 fully saturated rings. The van der Waals surface area contributed by atoms with Crippen LogP contribution in [0.25, 0.3) is 0 Å². The Balaban J connectivity index is 2.15. The van der Waals surface area contributed by atoms with E-state index in [1.165, 1.54) is 0 Å². The minimum absolute atomic E-state index is 0.0137. The fourth-order valence-electron chi connectivity index (χ4n) is 2.97. The number of aryl methyl sites for hydroxylation is 1. The van der Waals surface area contributed by atoms with Crippen molar-refractivity contribution < 1.29 is 9.59 Å². The average molecular weight is 367 g/mol. The summed E-state index contributed by atoms with van der Waals surface area (Å²) < 4.78 is 0. The molecule has 0 aliphatic rings. The van der Waals surface area contributed by atoms with E-state index in [4.69, 9.17) is 0 Å². The fraction of sp³-hybridized carbons (Fsp3) is 0.364. The van der Waals surface area contributed by atoms with Crippen molar-refractivity contribution in [2.24, 2.45) is 5.92 Å². The number of hydrogen-bond acceptors (Lipinski definition) is 3. The van der Waals surface area contributed by atoms with Crippen LogP contribution in [-0.4, -0.2) is 32.0 Å². The van der Waals surface area contributed by atoms with Gasteiger partial charge in [-0.05, 0) is 48.7 Å². The second-order valence-corrected chi connectivity index (χ2v) is 7.09. The van der Waals surface area contributed by atoms with Crippen molar-refractivity contribution in [3.8, 4) is 0 Å². The Labute approximate surface area is 161 Å². The number of amides is 2. The maximum absolute atomic E-state index is 12.9. The highest BCUT2D eigenvalue weighted by molar-refractivity contribution is 6.01. The predicted octanol–water partition coefficient (Wildman–Crippen LogP) is 3.84. The summed E-state index contributed by atoms with van der Waals surface area (Å²) in [4.78, 5) is 27.4. The first kappa shape index (κ1) is 20.5. The molecule has 2 atom stereocenters. The van der Waals surface area contributed by atoms with Crippen molar-refractivity contribution >= 4 is 23.2 Å². The molecule has 2 aromatic rings. The first-order valence-corrected chi connectivity index (χ1v) is 9.28. The Morgan fingerprint density at radius 2 is 1.74 bits per heavy atom.